The van der Waals surface area contributed by atoms with Crippen LogP contribution in [0.25, 0.3) is 0 Å². The molecule has 2 aromatic carbocycles. The standard InChI is InChI=1S/C24H32BrN3O4S/c1-4-16-26-24(30)21(5-2)27(17-15-19-11-7-6-8-12-19)23(29)18-28(33(3,31)32)22-14-10-9-13-20(22)25/h6-14,21H,4-5,15-18H2,1-3H3,(H,26,30). The van der Waals surface area contributed by atoms with Gasteiger partial charge in [0.1, 0.15) is 12.6 Å². The zero-order valence-electron chi connectivity index (χ0n) is 19.3. The van der Waals surface area contributed by atoms with Crippen LogP contribution in [0.4, 0.5) is 5.69 Å². The maximum Gasteiger partial charge on any atom is 0.244 e. The fourth-order valence-corrected chi connectivity index (χ4v) is 4.99. The third-order valence-electron chi connectivity index (χ3n) is 5.22. The van der Waals surface area contributed by atoms with Crippen LogP contribution in [0.15, 0.2) is 59.1 Å². The van der Waals surface area contributed by atoms with Crippen LogP contribution in [-0.4, -0.2) is 57.1 Å². The maximum atomic E-state index is 13.5. The normalized spacial score (nSPS) is 12.1. The summed E-state index contributed by atoms with van der Waals surface area (Å²) in [6, 6.07) is 15.8. The van der Waals surface area contributed by atoms with Crippen molar-refractivity contribution in [3.05, 3.63) is 64.6 Å². The first kappa shape index (κ1) is 26.9. The summed E-state index contributed by atoms with van der Waals surface area (Å²) in [7, 11) is -3.75. The van der Waals surface area contributed by atoms with Gasteiger partial charge in [0.05, 0.1) is 11.9 Å². The number of hydrogen-bond acceptors (Lipinski definition) is 4. The van der Waals surface area contributed by atoms with E-state index in [0.717, 1.165) is 22.5 Å². The van der Waals surface area contributed by atoms with Gasteiger partial charge in [-0.05, 0) is 52.9 Å². The minimum absolute atomic E-state index is 0.229. The van der Waals surface area contributed by atoms with Crippen molar-refractivity contribution >= 4 is 43.5 Å². The van der Waals surface area contributed by atoms with Gasteiger partial charge in [-0.3, -0.25) is 13.9 Å². The predicted molar refractivity (Wildman–Crippen MR) is 136 cm³/mol. The fourth-order valence-electron chi connectivity index (χ4n) is 3.51. The predicted octanol–water partition coefficient (Wildman–Crippen LogP) is 3.59. The Balaban J connectivity index is 2.35. The second kappa shape index (κ2) is 12.7. The largest absolute Gasteiger partial charge is 0.354 e. The first-order valence-corrected chi connectivity index (χ1v) is 13.7. The topological polar surface area (TPSA) is 86.8 Å². The number of anilines is 1. The molecule has 2 amide bonds. The Bertz CT molecular complexity index is 1030. The summed E-state index contributed by atoms with van der Waals surface area (Å²) in [6.07, 6.45) is 2.82. The minimum atomic E-state index is -3.75. The Kier molecular flexibility index (Phi) is 10.4. The summed E-state index contributed by atoms with van der Waals surface area (Å²) < 4.78 is 26.8. The van der Waals surface area contributed by atoms with Gasteiger partial charge in [0.15, 0.2) is 0 Å². The number of halogens is 1. The summed E-state index contributed by atoms with van der Waals surface area (Å²) in [5.74, 6) is -0.654. The zero-order valence-corrected chi connectivity index (χ0v) is 21.7. The van der Waals surface area contributed by atoms with Crippen LogP contribution in [-0.2, 0) is 26.0 Å². The lowest BCUT2D eigenvalue weighted by molar-refractivity contribution is -0.139. The highest BCUT2D eigenvalue weighted by atomic mass is 79.9. The van der Waals surface area contributed by atoms with E-state index in [-0.39, 0.29) is 5.91 Å². The number of nitrogens with one attached hydrogen (secondary N) is 1. The summed E-state index contributed by atoms with van der Waals surface area (Å²) >= 11 is 3.38. The molecule has 0 heterocycles. The van der Waals surface area contributed by atoms with Crippen molar-refractivity contribution in [2.75, 3.05) is 30.2 Å². The lowest BCUT2D eigenvalue weighted by Crippen LogP contribution is -2.53. The average molecular weight is 539 g/mol. The lowest BCUT2D eigenvalue weighted by atomic mass is 10.1. The lowest BCUT2D eigenvalue weighted by Gasteiger charge is -2.33. The van der Waals surface area contributed by atoms with Crippen molar-refractivity contribution in [3.8, 4) is 0 Å². The fraction of sp³-hybridized carbons (Fsp3) is 0.417. The Hall–Kier alpha value is -2.39. The van der Waals surface area contributed by atoms with Gasteiger partial charge in [-0.1, -0.05) is 56.3 Å². The van der Waals surface area contributed by atoms with E-state index in [0.29, 0.717) is 36.1 Å². The molecule has 33 heavy (non-hydrogen) atoms. The molecule has 7 nitrogen and oxygen atoms in total. The first-order chi connectivity index (χ1) is 15.7. The van der Waals surface area contributed by atoms with Gasteiger partial charge in [0.25, 0.3) is 0 Å². The van der Waals surface area contributed by atoms with Crippen LogP contribution in [0, 0.1) is 0 Å². The van der Waals surface area contributed by atoms with Gasteiger partial charge in [0, 0.05) is 17.6 Å². The smallest absolute Gasteiger partial charge is 0.244 e. The number of rotatable bonds is 12. The van der Waals surface area contributed by atoms with Crippen molar-refractivity contribution in [1.82, 2.24) is 10.2 Å². The number of carbonyl (C=O) groups is 2. The number of amides is 2. The van der Waals surface area contributed by atoms with Crippen LogP contribution in [0.3, 0.4) is 0 Å². The molecule has 2 aromatic rings. The minimum Gasteiger partial charge on any atom is -0.354 e. The Morgan fingerprint density at radius 3 is 2.24 bits per heavy atom. The zero-order chi connectivity index (χ0) is 24.4. The highest BCUT2D eigenvalue weighted by molar-refractivity contribution is 9.10. The van der Waals surface area contributed by atoms with Crippen LogP contribution in [0.5, 0.6) is 0 Å². The van der Waals surface area contributed by atoms with Gasteiger partial charge < -0.3 is 10.2 Å². The number of benzene rings is 2. The molecule has 0 spiro atoms. The molecule has 0 saturated carbocycles. The summed E-state index contributed by atoms with van der Waals surface area (Å²) in [5, 5.41) is 2.87. The third kappa shape index (κ3) is 7.85. The molecule has 0 aliphatic rings. The van der Waals surface area contributed by atoms with Gasteiger partial charge in [-0.15, -0.1) is 0 Å². The highest BCUT2D eigenvalue weighted by Gasteiger charge is 2.31. The number of para-hydroxylation sites is 1. The summed E-state index contributed by atoms with van der Waals surface area (Å²) in [4.78, 5) is 27.9. The monoisotopic (exact) mass is 537 g/mol. The third-order valence-corrected chi connectivity index (χ3v) is 7.02. The molecular weight excluding hydrogens is 506 g/mol. The van der Waals surface area contributed by atoms with E-state index in [1.807, 2.05) is 44.2 Å². The molecule has 9 heteroatoms. The quantitative estimate of drug-likeness (QED) is 0.448. The molecule has 0 fully saturated rings. The highest BCUT2D eigenvalue weighted by Crippen LogP contribution is 2.27. The summed E-state index contributed by atoms with van der Waals surface area (Å²) in [6.45, 7) is 4.23. The number of nitrogens with zero attached hydrogens (tertiary/aromatic N) is 2. The van der Waals surface area contributed by atoms with E-state index in [1.165, 1.54) is 4.90 Å². The van der Waals surface area contributed by atoms with E-state index in [2.05, 4.69) is 21.2 Å². The second-order valence-corrected chi connectivity index (χ2v) is 10.5. The van der Waals surface area contributed by atoms with Gasteiger partial charge in [-0.25, -0.2) is 8.42 Å². The molecule has 1 unspecified atom stereocenters. The molecular formula is C24H32BrN3O4S. The van der Waals surface area contributed by atoms with Gasteiger partial charge >= 0.3 is 0 Å². The van der Waals surface area contributed by atoms with E-state index in [1.54, 1.807) is 24.3 Å². The Labute approximate surface area is 205 Å². The summed E-state index contributed by atoms with van der Waals surface area (Å²) in [5.41, 5.74) is 1.41. The van der Waals surface area contributed by atoms with Gasteiger partial charge in [-0.2, -0.15) is 0 Å². The molecule has 2 rings (SSSR count). The molecule has 0 aliphatic heterocycles. The molecule has 0 radical (unpaired) electrons. The molecule has 0 aliphatic carbocycles. The van der Waals surface area contributed by atoms with Crippen molar-refractivity contribution in [3.63, 3.8) is 0 Å². The molecule has 180 valence electrons. The molecule has 1 atom stereocenters. The number of hydrogen-bond donors (Lipinski definition) is 1. The SMILES string of the molecule is CCCNC(=O)C(CC)N(CCc1ccccc1)C(=O)CN(c1ccccc1Br)S(C)(=O)=O. The molecule has 1 N–H and O–H groups in total. The van der Waals surface area contributed by atoms with Crippen molar-refractivity contribution < 1.29 is 18.0 Å². The second-order valence-electron chi connectivity index (χ2n) is 7.76. The van der Waals surface area contributed by atoms with E-state index in [4.69, 9.17) is 0 Å². The first-order valence-electron chi connectivity index (χ1n) is 11.0. The van der Waals surface area contributed by atoms with Crippen LogP contribution < -0.4 is 9.62 Å². The van der Waals surface area contributed by atoms with Crippen LogP contribution in [0.1, 0.15) is 32.3 Å². The Morgan fingerprint density at radius 1 is 1.03 bits per heavy atom. The van der Waals surface area contributed by atoms with Crippen molar-refractivity contribution in [2.24, 2.45) is 0 Å². The number of carbonyl (C=O) groups excluding carboxylic acids is 2. The number of sulfonamides is 1. The van der Waals surface area contributed by atoms with Crippen LogP contribution in [0.2, 0.25) is 0 Å². The van der Waals surface area contributed by atoms with Crippen molar-refractivity contribution in [1.29, 1.82) is 0 Å². The van der Waals surface area contributed by atoms with E-state index >= 15 is 0 Å². The van der Waals surface area contributed by atoms with E-state index < -0.39 is 28.5 Å². The van der Waals surface area contributed by atoms with E-state index in [9.17, 15) is 18.0 Å². The van der Waals surface area contributed by atoms with Crippen molar-refractivity contribution in [2.45, 2.75) is 39.2 Å². The Morgan fingerprint density at radius 2 is 1.67 bits per heavy atom. The van der Waals surface area contributed by atoms with Gasteiger partial charge in [0.2, 0.25) is 21.8 Å². The van der Waals surface area contributed by atoms with Crippen LogP contribution >= 0.6 is 15.9 Å². The average Bonchev–Trinajstić information content (AvgIpc) is 2.79. The molecule has 0 aromatic heterocycles. The molecule has 0 saturated heterocycles. The maximum absolute atomic E-state index is 13.5. The molecule has 0 bridgehead atoms.